The van der Waals surface area contributed by atoms with Crippen LogP contribution in [0.1, 0.15) is 34.0 Å². The molecule has 1 aliphatic heterocycles. The Morgan fingerprint density at radius 3 is 2.60 bits per heavy atom. The Kier molecular flexibility index (Phi) is 6.59. The van der Waals surface area contributed by atoms with Gasteiger partial charge in [0.05, 0.1) is 7.11 Å². The summed E-state index contributed by atoms with van der Waals surface area (Å²) < 4.78 is 20.8. The van der Waals surface area contributed by atoms with E-state index in [0.29, 0.717) is 23.3 Å². The van der Waals surface area contributed by atoms with Gasteiger partial charge in [-0.25, -0.2) is 4.79 Å². The molecule has 2 rings (SSSR count). The van der Waals surface area contributed by atoms with Gasteiger partial charge in [0.2, 0.25) is 0 Å². The molecule has 136 valence electrons. The van der Waals surface area contributed by atoms with Gasteiger partial charge in [0.1, 0.15) is 23.7 Å². The molecule has 1 N–H and O–H groups in total. The van der Waals surface area contributed by atoms with E-state index in [1.165, 1.54) is 0 Å². The van der Waals surface area contributed by atoms with E-state index in [1.54, 1.807) is 21.3 Å². The van der Waals surface area contributed by atoms with E-state index in [0.717, 1.165) is 11.1 Å². The Hall–Kier alpha value is -1.88. The van der Waals surface area contributed by atoms with E-state index in [-0.39, 0.29) is 17.9 Å². The maximum Gasteiger partial charge on any atom is 0.342 e. The topological polar surface area (TPSA) is 74.2 Å². The zero-order valence-corrected chi connectivity index (χ0v) is 16.0. The van der Waals surface area contributed by atoms with Gasteiger partial charge in [-0.3, -0.25) is 0 Å². The molecule has 1 aromatic carbocycles. The first-order chi connectivity index (χ1) is 11.9. The second-order valence-corrected chi connectivity index (χ2v) is 7.13. The quantitative estimate of drug-likeness (QED) is 0.447. The van der Waals surface area contributed by atoms with Crippen LogP contribution in [0.4, 0.5) is 0 Å². The predicted octanol–water partition coefficient (Wildman–Crippen LogP) is 3.99. The second kappa shape index (κ2) is 8.48. The fraction of sp³-hybridized carbons (Fsp3) is 0.389. The smallest absolute Gasteiger partial charge is 0.342 e. The molecule has 0 spiro atoms. The number of phenols is 1. The van der Waals surface area contributed by atoms with Crippen molar-refractivity contribution in [1.29, 1.82) is 0 Å². The molecule has 6 nitrogen and oxygen atoms in total. The molecule has 25 heavy (non-hydrogen) atoms. The minimum atomic E-state index is -1.04. The van der Waals surface area contributed by atoms with Crippen molar-refractivity contribution in [3.05, 3.63) is 45.8 Å². The maximum atomic E-state index is 11.9. The molecule has 0 unspecified atom stereocenters. The lowest BCUT2D eigenvalue weighted by Gasteiger charge is -2.15. The van der Waals surface area contributed by atoms with Crippen LogP contribution >= 0.6 is 8.38 Å². The fourth-order valence-electron chi connectivity index (χ4n) is 2.73. The number of hydrogen-bond acceptors (Lipinski definition) is 6. The molecule has 0 amide bonds. The predicted molar refractivity (Wildman–Crippen MR) is 96.1 cm³/mol. The van der Waals surface area contributed by atoms with Crippen molar-refractivity contribution < 1.29 is 28.4 Å². The number of fused-ring (bicyclic) bond motifs is 1. The molecule has 0 aromatic heterocycles. The lowest BCUT2D eigenvalue weighted by atomic mass is 9.95. The number of methoxy groups -OCH3 is 1. The Morgan fingerprint density at radius 1 is 1.32 bits per heavy atom. The first-order valence-corrected chi connectivity index (χ1v) is 9.00. The molecular formula is C18H23O6P. The van der Waals surface area contributed by atoms with Crippen molar-refractivity contribution in [1.82, 2.24) is 0 Å². The maximum absolute atomic E-state index is 11.9. The van der Waals surface area contributed by atoms with Crippen molar-refractivity contribution in [3.8, 4) is 11.5 Å². The van der Waals surface area contributed by atoms with E-state index >= 15 is 0 Å². The van der Waals surface area contributed by atoms with Crippen molar-refractivity contribution in [2.75, 3.05) is 21.3 Å². The number of phenolic OH excluding ortho intramolecular Hbond substituents is 1. The molecule has 0 saturated carbocycles. The van der Waals surface area contributed by atoms with E-state index in [4.69, 9.17) is 18.5 Å². The zero-order valence-electron chi connectivity index (χ0n) is 15.1. The van der Waals surface area contributed by atoms with E-state index < -0.39 is 14.3 Å². The Labute approximate surface area is 149 Å². The van der Waals surface area contributed by atoms with Crippen molar-refractivity contribution in [3.63, 3.8) is 0 Å². The summed E-state index contributed by atoms with van der Waals surface area (Å²) >= 11 is 0. The van der Waals surface area contributed by atoms with Gasteiger partial charge < -0.3 is 23.6 Å². The molecule has 1 heterocycles. The third-order valence-electron chi connectivity index (χ3n) is 4.09. The van der Waals surface area contributed by atoms with Crippen LogP contribution in [-0.2, 0) is 26.8 Å². The van der Waals surface area contributed by atoms with Crippen molar-refractivity contribution in [2.45, 2.75) is 26.9 Å². The normalized spacial score (nSPS) is 14.3. The molecule has 7 heteroatoms. The number of benzene rings is 1. The number of cyclic esters (lactones) is 1. The highest BCUT2D eigenvalue weighted by atomic mass is 31.2. The third-order valence-corrected chi connectivity index (χ3v) is 5.21. The number of allylic oxidation sites excluding steroid dienone is 3. The van der Waals surface area contributed by atoms with Gasteiger partial charge in [-0.1, -0.05) is 17.7 Å². The number of carbonyl (C=O) groups excluding carboxylic acids is 1. The summed E-state index contributed by atoms with van der Waals surface area (Å²) in [6, 6.07) is 0. The zero-order chi connectivity index (χ0) is 18.6. The van der Waals surface area contributed by atoms with Gasteiger partial charge in [0, 0.05) is 25.3 Å². The van der Waals surface area contributed by atoms with Gasteiger partial charge in [0.15, 0.2) is 8.38 Å². The summed E-state index contributed by atoms with van der Waals surface area (Å²) in [5, 5.41) is 10.6. The van der Waals surface area contributed by atoms with Crippen molar-refractivity contribution in [2.24, 2.45) is 0 Å². The number of esters is 1. The van der Waals surface area contributed by atoms with Crippen LogP contribution in [0.3, 0.4) is 0 Å². The van der Waals surface area contributed by atoms with Crippen LogP contribution in [0.15, 0.2) is 23.5 Å². The van der Waals surface area contributed by atoms with Crippen LogP contribution in [0.5, 0.6) is 11.5 Å². The highest BCUT2D eigenvalue weighted by molar-refractivity contribution is 7.50. The number of rotatable bonds is 7. The van der Waals surface area contributed by atoms with Gasteiger partial charge in [-0.05, 0) is 31.6 Å². The van der Waals surface area contributed by atoms with Crippen LogP contribution < -0.4 is 4.74 Å². The highest BCUT2D eigenvalue weighted by Crippen LogP contribution is 2.42. The minimum Gasteiger partial charge on any atom is -0.507 e. The molecule has 0 fully saturated rings. The van der Waals surface area contributed by atoms with Crippen LogP contribution in [0.25, 0.3) is 0 Å². The Bertz CT molecular complexity index is 719. The molecule has 0 atom stereocenters. The van der Waals surface area contributed by atoms with E-state index in [9.17, 15) is 9.90 Å². The molecule has 0 aliphatic carbocycles. The summed E-state index contributed by atoms with van der Waals surface area (Å²) in [4.78, 5) is 11.9. The molecular weight excluding hydrogens is 343 g/mol. The van der Waals surface area contributed by atoms with E-state index in [1.807, 2.05) is 31.8 Å². The second-order valence-electron chi connectivity index (χ2n) is 5.53. The first-order valence-electron chi connectivity index (χ1n) is 7.75. The average Bonchev–Trinajstić information content (AvgIpc) is 2.99. The summed E-state index contributed by atoms with van der Waals surface area (Å²) in [5.41, 5.74) is 3.31. The third kappa shape index (κ3) is 4.03. The molecule has 0 saturated heterocycles. The SMILES string of the molecule is COc1c(C)c2c(c(O)c1C/C=C(C)/C=C/P(OC)OC)C(=O)OC2. The highest BCUT2D eigenvalue weighted by Gasteiger charge is 2.31. The largest absolute Gasteiger partial charge is 0.507 e. The summed E-state index contributed by atoms with van der Waals surface area (Å²) in [6.07, 6.45) is 4.26. The number of ether oxygens (including phenoxy) is 2. The molecule has 1 aromatic rings. The fourth-order valence-corrected chi connectivity index (χ4v) is 3.48. The van der Waals surface area contributed by atoms with Gasteiger partial charge >= 0.3 is 5.97 Å². The monoisotopic (exact) mass is 366 g/mol. The summed E-state index contributed by atoms with van der Waals surface area (Å²) in [5.74, 6) is 1.87. The number of aromatic hydroxyl groups is 1. The molecule has 1 aliphatic rings. The van der Waals surface area contributed by atoms with Gasteiger partial charge in [-0.2, -0.15) is 0 Å². The lowest BCUT2D eigenvalue weighted by molar-refractivity contribution is 0.0533. The minimum absolute atomic E-state index is 0.0657. The first kappa shape index (κ1) is 19.4. The lowest BCUT2D eigenvalue weighted by Crippen LogP contribution is -2.03. The number of hydrogen-bond donors (Lipinski definition) is 1. The van der Waals surface area contributed by atoms with Gasteiger partial charge in [0.25, 0.3) is 0 Å². The summed E-state index contributed by atoms with van der Waals surface area (Å²) in [7, 11) is 3.69. The molecule has 0 radical (unpaired) electrons. The van der Waals surface area contributed by atoms with Crippen LogP contribution in [0, 0.1) is 6.92 Å². The Balaban J connectivity index is 2.34. The number of carbonyl (C=O) groups is 1. The average molecular weight is 366 g/mol. The van der Waals surface area contributed by atoms with Crippen LogP contribution in [0.2, 0.25) is 0 Å². The Morgan fingerprint density at radius 2 is 2.00 bits per heavy atom. The standard InChI is InChI=1S/C18H23O6P/c1-11(8-9-25(22-4)23-5)6-7-13-16(19)15-14(10-24-18(15)20)12(2)17(13)21-3/h6,8-9,19H,7,10H2,1-5H3/b9-8+,11-6+. The molecule has 0 bridgehead atoms. The summed E-state index contributed by atoms with van der Waals surface area (Å²) in [6.45, 7) is 3.97. The van der Waals surface area contributed by atoms with Gasteiger partial charge in [-0.15, -0.1) is 0 Å². The van der Waals surface area contributed by atoms with E-state index in [2.05, 4.69) is 0 Å². The van der Waals surface area contributed by atoms with Crippen molar-refractivity contribution >= 4 is 14.3 Å². The van der Waals surface area contributed by atoms with Crippen LogP contribution in [-0.4, -0.2) is 32.4 Å².